The van der Waals surface area contributed by atoms with Crippen molar-refractivity contribution in [1.29, 1.82) is 0 Å². The number of nitrogens with zero attached hydrogens (tertiary/aromatic N) is 8. The van der Waals surface area contributed by atoms with Crippen LogP contribution < -0.4 is 25.8 Å². The van der Waals surface area contributed by atoms with Gasteiger partial charge in [0, 0.05) is 83.6 Å². The molecule has 0 saturated carbocycles. The zero-order chi connectivity index (χ0) is 40.3. The SMILES string of the molecule is CN1CCN([C@H]2CCCN(c3cnc(C(N)=O)c(Cc4ccc(N5CCC6(CC5)CCN(c5ccc7c(c5)C(=O)N(C5CCC(=O)NC5=O)C7=O)C6)cc4)n3)C2)C1=O. The number of anilines is 3. The topological polar surface area (TPSA) is 186 Å². The molecule has 1 aromatic heterocycles. The van der Waals surface area contributed by atoms with E-state index in [2.05, 4.69) is 49.3 Å². The lowest BCUT2D eigenvalue weighted by atomic mass is 9.77. The predicted octanol–water partition coefficient (Wildman–Crippen LogP) is 2.40. The van der Waals surface area contributed by atoms with Crippen molar-refractivity contribution in [3.8, 4) is 0 Å². The number of carbonyl (C=O) groups is 6. The first-order chi connectivity index (χ1) is 28.0. The minimum Gasteiger partial charge on any atom is -0.371 e. The number of nitrogens with one attached hydrogen (secondary N) is 1. The van der Waals surface area contributed by atoms with Gasteiger partial charge < -0.3 is 30.2 Å². The third kappa shape index (κ3) is 6.77. The van der Waals surface area contributed by atoms with Gasteiger partial charge in [-0.25, -0.2) is 14.8 Å². The van der Waals surface area contributed by atoms with Crippen LogP contribution in [0.25, 0.3) is 0 Å². The quantitative estimate of drug-likeness (QED) is 0.320. The molecule has 2 aromatic carbocycles. The molecule has 7 amide bonds. The van der Waals surface area contributed by atoms with Gasteiger partial charge in [-0.1, -0.05) is 12.1 Å². The first-order valence-corrected chi connectivity index (χ1v) is 20.3. The van der Waals surface area contributed by atoms with Crippen molar-refractivity contribution < 1.29 is 28.8 Å². The van der Waals surface area contributed by atoms with Gasteiger partial charge in [-0.3, -0.25) is 34.2 Å². The van der Waals surface area contributed by atoms with Gasteiger partial charge >= 0.3 is 6.03 Å². The number of piperidine rings is 3. The molecular formula is C42H48N10O6. The lowest BCUT2D eigenvalue weighted by molar-refractivity contribution is -0.136. The average molecular weight is 789 g/mol. The Morgan fingerprint density at radius 1 is 0.845 bits per heavy atom. The monoisotopic (exact) mass is 788 g/mol. The highest BCUT2D eigenvalue weighted by Gasteiger charge is 2.46. The van der Waals surface area contributed by atoms with Crippen LogP contribution in [0.4, 0.5) is 22.0 Å². The lowest BCUT2D eigenvalue weighted by Gasteiger charge is -2.40. The molecule has 7 heterocycles. The summed E-state index contributed by atoms with van der Waals surface area (Å²) >= 11 is 0. The Morgan fingerprint density at radius 3 is 2.28 bits per heavy atom. The van der Waals surface area contributed by atoms with Crippen LogP contribution in [0.2, 0.25) is 0 Å². The van der Waals surface area contributed by atoms with Crippen molar-refractivity contribution in [2.75, 3.05) is 74.1 Å². The van der Waals surface area contributed by atoms with E-state index in [1.807, 2.05) is 18.0 Å². The number of nitrogens with two attached hydrogens (primary N) is 1. The summed E-state index contributed by atoms with van der Waals surface area (Å²) in [6.07, 6.45) is 7.17. The number of imide groups is 2. The third-order valence-electron chi connectivity index (χ3n) is 13.2. The standard InChI is InChI=1S/C42H48N10O6/c1-47-19-20-51(41(47)58)29-3-2-15-49(24-29)34-23-44-36(37(43)54)32(45-34)21-26-4-6-27(7-5-26)48-16-12-42(13-17-48)14-18-50(25-42)28-8-9-30-31(22-28)40(57)52(39(30)56)33-10-11-35(53)46-38(33)55/h4-9,22-23,29,33H,2-3,10-21,24-25H2,1H3,(H2,43,54)(H,46,53,55)/t29-,33?/m0/s1. The predicted molar refractivity (Wildman–Crippen MR) is 214 cm³/mol. The number of fused-ring (bicyclic) bond motifs is 1. The van der Waals surface area contributed by atoms with E-state index >= 15 is 0 Å². The summed E-state index contributed by atoms with van der Waals surface area (Å²) in [5.41, 5.74) is 10.2. The summed E-state index contributed by atoms with van der Waals surface area (Å²) in [5, 5.41) is 2.25. The maximum atomic E-state index is 13.4. The van der Waals surface area contributed by atoms with E-state index in [1.54, 1.807) is 23.2 Å². The molecule has 0 aliphatic carbocycles. The van der Waals surface area contributed by atoms with Crippen LogP contribution >= 0.6 is 0 Å². The van der Waals surface area contributed by atoms with Crippen LogP contribution in [-0.4, -0.2) is 132 Å². The largest absolute Gasteiger partial charge is 0.371 e. The van der Waals surface area contributed by atoms with E-state index in [9.17, 15) is 28.8 Å². The molecule has 1 unspecified atom stereocenters. The summed E-state index contributed by atoms with van der Waals surface area (Å²) in [6.45, 7) is 6.42. The fourth-order valence-corrected chi connectivity index (χ4v) is 9.80. The Kier molecular flexibility index (Phi) is 9.51. The van der Waals surface area contributed by atoms with Crippen LogP contribution in [0.1, 0.15) is 87.4 Å². The van der Waals surface area contributed by atoms with Gasteiger partial charge in [0.2, 0.25) is 11.8 Å². The molecule has 3 N–H and O–H groups in total. The maximum absolute atomic E-state index is 13.4. The number of rotatable bonds is 8. The first kappa shape index (κ1) is 37.5. The Hall–Kier alpha value is -6.06. The molecule has 0 bridgehead atoms. The van der Waals surface area contributed by atoms with E-state index in [-0.39, 0.29) is 41.6 Å². The molecule has 6 aliphatic heterocycles. The number of primary amides is 1. The molecule has 1 spiro atoms. The molecular weight excluding hydrogens is 741 g/mol. The molecule has 6 aliphatic rings. The molecule has 302 valence electrons. The number of aromatic nitrogens is 2. The van der Waals surface area contributed by atoms with E-state index in [0.717, 1.165) is 99.8 Å². The summed E-state index contributed by atoms with van der Waals surface area (Å²) < 4.78 is 0. The van der Waals surface area contributed by atoms with Crippen LogP contribution in [0.15, 0.2) is 48.7 Å². The molecule has 5 saturated heterocycles. The molecule has 0 radical (unpaired) electrons. The van der Waals surface area contributed by atoms with Crippen molar-refractivity contribution in [2.45, 2.75) is 63.5 Å². The number of hydrogen-bond donors (Lipinski definition) is 2. The van der Waals surface area contributed by atoms with Crippen LogP contribution in [0.5, 0.6) is 0 Å². The van der Waals surface area contributed by atoms with Gasteiger partial charge in [0.05, 0.1) is 29.1 Å². The van der Waals surface area contributed by atoms with E-state index in [0.29, 0.717) is 30.0 Å². The number of likely N-dealkylation sites (N-methyl/N-ethyl adjacent to an activating group) is 1. The minimum atomic E-state index is -0.984. The van der Waals surface area contributed by atoms with E-state index in [4.69, 9.17) is 10.7 Å². The second-order valence-electron chi connectivity index (χ2n) is 16.7. The maximum Gasteiger partial charge on any atom is 0.320 e. The molecule has 16 heteroatoms. The summed E-state index contributed by atoms with van der Waals surface area (Å²) in [7, 11) is 1.83. The molecule has 16 nitrogen and oxygen atoms in total. The Balaban J connectivity index is 0.819. The van der Waals surface area contributed by atoms with E-state index < -0.39 is 35.6 Å². The molecule has 58 heavy (non-hydrogen) atoms. The first-order valence-electron chi connectivity index (χ1n) is 20.3. The van der Waals surface area contributed by atoms with Crippen LogP contribution in [0.3, 0.4) is 0 Å². The third-order valence-corrected chi connectivity index (χ3v) is 13.2. The highest BCUT2D eigenvalue weighted by atomic mass is 16.2. The van der Waals surface area contributed by atoms with Gasteiger partial charge in [0.25, 0.3) is 17.7 Å². The minimum absolute atomic E-state index is 0.0649. The Labute approximate surface area is 336 Å². The molecule has 9 rings (SSSR count). The van der Waals surface area contributed by atoms with Gasteiger partial charge in [0.1, 0.15) is 17.6 Å². The number of benzene rings is 2. The van der Waals surface area contributed by atoms with Gasteiger partial charge in [-0.05, 0) is 79.8 Å². The average Bonchev–Trinajstić information content (AvgIpc) is 3.87. The highest BCUT2D eigenvalue weighted by Crippen LogP contribution is 2.43. The molecule has 2 atom stereocenters. The van der Waals surface area contributed by atoms with E-state index in [1.165, 1.54) is 0 Å². The van der Waals surface area contributed by atoms with Crippen molar-refractivity contribution in [2.24, 2.45) is 11.1 Å². The molecule has 3 aromatic rings. The number of carbonyl (C=O) groups excluding carboxylic acids is 6. The van der Waals surface area contributed by atoms with Crippen LogP contribution in [-0.2, 0) is 16.0 Å². The fourth-order valence-electron chi connectivity index (χ4n) is 9.80. The number of amides is 7. The second-order valence-corrected chi connectivity index (χ2v) is 16.7. The van der Waals surface area contributed by atoms with Crippen molar-refractivity contribution in [3.63, 3.8) is 0 Å². The highest BCUT2D eigenvalue weighted by molar-refractivity contribution is 6.23. The van der Waals surface area contributed by atoms with Gasteiger partial charge in [-0.15, -0.1) is 0 Å². The summed E-state index contributed by atoms with van der Waals surface area (Å²) in [5.74, 6) is -1.92. The summed E-state index contributed by atoms with van der Waals surface area (Å²) in [4.78, 5) is 96.9. The lowest BCUT2D eigenvalue weighted by Crippen LogP contribution is -2.54. The van der Waals surface area contributed by atoms with Crippen LogP contribution in [0, 0.1) is 5.41 Å². The smallest absolute Gasteiger partial charge is 0.320 e. The number of urea groups is 1. The Morgan fingerprint density at radius 2 is 1.57 bits per heavy atom. The van der Waals surface area contributed by atoms with Gasteiger partial charge in [-0.2, -0.15) is 0 Å². The van der Waals surface area contributed by atoms with Gasteiger partial charge in [0.15, 0.2) is 0 Å². The number of hydrogen-bond acceptors (Lipinski definition) is 11. The zero-order valence-corrected chi connectivity index (χ0v) is 32.7. The summed E-state index contributed by atoms with van der Waals surface area (Å²) in [6, 6.07) is 12.9. The fraction of sp³-hybridized carbons (Fsp3) is 0.476. The Bertz CT molecular complexity index is 2200. The zero-order valence-electron chi connectivity index (χ0n) is 32.7. The van der Waals surface area contributed by atoms with Crippen molar-refractivity contribution in [1.82, 2.24) is 30.0 Å². The van der Waals surface area contributed by atoms with Crippen molar-refractivity contribution >= 4 is 52.8 Å². The second kappa shape index (κ2) is 14.7. The normalized spacial score (nSPS) is 23.4. The molecule has 5 fully saturated rings. The van der Waals surface area contributed by atoms with Crippen molar-refractivity contribution in [3.05, 3.63) is 76.7 Å².